The highest BCUT2D eigenvalue weighted by Gasteiger charge is 2.20. The number of rotatable bonds is 7. The lowest BCUT2D eigenvalue weighted by atomic mass is 10.1. The van der Waals surface area contributed by atoms with E-state index in [1.54, 1.807) is 19.1 Å². The van der Waals surface area contributed by atoms with Crippen molar-refractivity contribution in [3.05, 3.63) is 59.5 Å². The number of benzene rings is 2. The summed E-state index contributed by atoms with van der Waals surface area (Å²) in [5.41, 5.74) is 2.66. The number of ether oxygens (including phenoxy) is 2. The van der Waals surface area contributed by atoms with Gasteiger partial charge in [0.2, 0.25) is 5.91 Å². The van der Waals surface area contributed by atoms with Crippen molar-refractivity contribution < 1.29 is 14.3 Å². The third-order valence-electron chi connectivity index (χ3n) is 4.19. The summed E-state index contributed by atoms with van der Waals surface area (Å²) in [6, 6.07) is 15.5. The van der Waals surface area contributed by atoms with E-state index in [0.717, 1.165) is 22.6 Å². The predicted molar refractivity (Wildman–Crippen MR) is 109 cm³/mol. The van der Waals surface area contributed by atoms with E-state index < -0.39 is 0 Å². The molecule has 0 atom stereocenters. The minimum absolute atomic E-state index is 0.0392. The molecule has 0 radical (unpaired) electrons. The zero-order valence-electron chi connectivity index (χ0n) is 15.6. The molecule has 140 valence electrons. The number of carbonyl (C=O) groups is 1. The van der Waals surface area contributed by atoms with Crippen LogP contribution in [0.3, 0.4) is 0 Å². The SMILES string of the molecule is CCC(=O)N(Cc1ccccc1)c1nc(-c2cc(OC)ccc2OC)cs1. The topological polar surface area (TPSA) is 51.7 Å². The quantitative estimate of drug-likeness (QED) is 0.591. The van der Waals surface area contributed by atoms with Crippen LogP contribution in [-0.2, 0) is 11.3 Å². The molecule has 1 aromatic heterocycles. The van der Waals surface area contributed by atoms with Gasteiger partial charge < -0.3 is 9.47 Å². The monoisotopic (exact) mass is 382 g/mol. The maximum Gasteiger partial charge on any atom is 0.228 e. The summed E-state index contributed by atoms with van der Waals surface area (Å²) < 4.78 is 10.8. The number of methoxy groups -OCH3 is 2. The maximum absolute atomic E-state index is 12.5. The molecule has 6 heteroatoms. The Kier molecular flexibility index (Phi) is 6.08. The van der Waals surface area contributed by atoms with Crippen LogP contribution in [0.4, 0.5) is 5.13 Å². The highest BCUT2D eigenvalue weighted by molar-refractivity contribution is 7.14. The van der Waals surface area contributed by atoms with Gasteiger partial charge in [0.15, 0.2) is 5.13 Å². The molecule has 3 rings (SSSR count). The van der Waals surface area contributed by atoms with Crippen molar-refractivity contribution in [2.24, 2.45) is 0 Å². The van der Waals surface area contributed by atoms with Gasteiger partial charge in [0.25, 0.3) is 0 Å². The van der Waals surface area contributed by atoms with Crippen molar-refractivity contribution in [2.45, 2.75) is 19.9 Å². The minimum atomic E-state index is 0.0392. The molecule has 1 heterocycles. The molecule has 2 aromatic carbocycles. The van der Waals surface area contributed by atoms with Crippen LogP contribution in [0.2, 0.25) is 0 Å². The fourth-order valence-corrected chi connectivity index (χ4v) is 3.59. The Hall–Kier alpha value is -2.86. The van der Waals surface area contributed by atoms with Gasteiger partial charge in [-0.05, 0) is 23.8 Å². The second-order valence-electron chi connectivity index (χ2n) is 5.90. The molecule has 0 bridgehead atoms. The van der Waals surface area contributed by atoms with E-state index in [1.807, 2.05) is 60.8 Å². The number of hydrogen-bond donors (Lipinski definition) is 0. The van der Waals surface area contributed by atoms with Gasteiger partial charge >= 0.3 is 0 Å². The third-order valence-corrected chi connectivity index (χ3v) is 5.06. The Labute approximate surface area is 163 Å². The van der Waals surface area contributed by atoms with Crippen molar-refractivity contribution in [1.29, 1.82) is 0 Å². The van der Waals surface area contributed by atoms with Crippen molar-refractivity contribution in [3.8, 4) is 22.8 Å². The van der Waals surface area contributed by atoms with E-state index in [2.05, 4.69) is 0 Å². The average molecular weight is 382 g/mol. The third kappa shape index (κ3) is 4.28. The van der Waals surface area contributed by atoms with Gasteiger partial charge in [0.05, 0.1) is 26.5 Å². The second kappa shape index (κ2) is 8.68. The smallest absolute Gasteiger partial charge is 0.228 e. The van der Waals surface area contributed by atoms with Crippen molar-refractivity contribution in [2.75, 3.05) is 19.1 Å². The predicted octanol–water partition coefficient (Wildman–Crippen LogP) is 4.77. The lowest BCUT2D eigenvalue weighted by Gasteiger charge is -2.19. The average Bonchev–Trinajstić information content (AvgIpc) is 3.21. The number of thiazole rings is 1. The molecule has 0 unspecified atom stereocenters. The van der Waals surface area contributed by atoms with Crippen LogP contribution in [-0.4, -0.2) is 25.1 Å². The standard InChI is InChI=1S/C21H22N2O3S/c1-4-20(24)23(13-15-8-6-5-7-9-15)21-22-18(14-27-21)17-12-16(25-2)10-11-19(17)26-3/h5-12,14H,4,13H2,1-3H3. The molecular weight excluding hydrogens is 360 g/mol. The fourth-order valence-electron chi connectivity index (χ4n) is 2.75. The van der Waals surface area contributed by atoms with Crippen molar-refractivity contribution in [1.82, 2.24) is 4.98 Å². The number of amides is 1. The van der Waals surface area contributed by atoms with Gasteiger partial charge in [0.1, 0.15) is 11.5 Å². The van der Waals surface area contributed by atoms with Crippen molar-refractivity contribution in [3.63, 3.8) is 0 Å². The largest absolute Gasteiger partial charge is 0.497 e. The summed E-state index contributed by atoms with van der Waals surface area (Å²) >= 11 is 1.45. The molecule has 0 saturated carbocycles. The van der Waals surface area contributed by atoms with Gasteiger partial charge in [-0.25, -0.2) is 4.98 Å². The first-order valence-corrected chi connectivity index (χ1v) is 9.56. The van der Waals surface area contributed by atoms with E-state index in [9.17, 15) is 4.79 Å². The van der Waals surface area contributed by atoms with Crippen LogP contribution in [0, 0.1) is 0 Å². The van der Waals surface area contributed by atoms with E-state index >= 15 is 0 Å². The summed E-state index contributed by atoms with van der Waals surface area (Å²) in [6.07, 6.45) is 0.421. The van der Waals surface area contributed by atoms with Crippen LogP contribution in [0.1, 0.15) is 18.9 Å². The lowest BCUT2D eigenvalue weighted by Crippen LogP contribution is -2.29. The molecule has 0 spiro atoms. The van der Waals surface area contributed by atoms with Crippen molar-refractivity contribution >= 4 is 22.4 Å². The molecular formula is C21H22N2O3S. The maximum atomic E-state index is 12.5. The summed E-state index contributed by atoms with van der Waals surface area (Å²) in [5.74, 6) is 1.48. The van der Waals surface area contributed by atoms with Crippen LogP contribution in [0.15, 0.2) is 53.9 Å². The second-order valence-corrected chi connectivity index (χ2v) is 6.74. The Balaban J connectivity index is 1.95. The van der Waals surface area contributed by atoms with Crippen LogP contribution in [0.5, 0.6) is 11.5 Å². The lowest BCUT2D eigenvalue weighted by molar-refractivity contribution is -0.118. The first-order valence-electron chi connectivity index (χ1n) is 8.68. The molecule has 1 amide bonds. The van der Waals surface area contributed by atoms with Crippen LogP contribution in [0.25, 0.3) is 11.3 Å². The summed E-state index contributed by atoms with van der Waals surface area (Å²) in [4.78, 5) is 19.0. The molecule has 0 saturated heterocycles. The van der Waals surface area contributed by atoms with Gasteiger partial charge in [-0.1, -0.05) is 37.3 Å². The van der Waals surface area contributed by atoms with Crippen LogP contribution < -0.4 is 14.4 Å². The van der Waals surface area contributed by atoms with E-state index in [4.69, 9.17) is 14.5 Å². The van der Waals surface area contributed by atoms with Gasteiger partial charge in [-0.15, -0.1) is 11.3 Å². The highest BCUT2D eigenvalue weighted by Crippen LogP contribution is 2.36. The fraction of sp³-hybridized carbons (Fsp3) is 0.238. The molecule has 0 aliphatic carbocycles. The van der Waals surface area contributed by atoms with Gasteiger partial charge in [-0.3, -0.25) is 9.69 Å². The Bertz CT molecular complexity index is 909. The number of carbonyl (C=O) groups excluding carboxylic acids is 1. The summed E-state index contributed by atoms with van der Waals surface area (Å²) in [5, 5.41) is 2.61. The van der Waals surface area contributed by atoms with Crippen LogP contribution >= 0.6 is 11.3 Å². The Morgan fingerprint density at radius 1 is 1.11 bits per heavy atom. The highest BCUT2D eigenvalue weighted by atomic mass is 32.1. The molecule has 5 nitrogen and oxygen atoms in total. The molecule has 0 aliphatic heterocycles. The molecule has 0 fully saturated rings. The number of hydrogen-bond acceptors (Lipinski definition) is 5. The summed E-state index contributed by atoms with van der Waals surface area (Å²) in [6.45, 7) is 2.36. The number of anilines is 1. The van der Waals surface area contributed by atoms with E-state index in [0.29, 0.717) is 23.8 Å². The first-order chi connectivity index (χ1) is 13.2. The van der Waals surface area contributed by atoms with Gasteiger partial charge in [-0.2, -0.15) is 0 Å². The zero-order chi connectivity index (χ0) is 19.2. The summed E-state index contributed by atoms with van der Waals surface area (Å²) in [7, 11) is 3.25. The Morgan fingerprint density at radius 3 is 2.56 bits per heavy atom. The molecule has 0 aliphatic rings. The molecule has 0 N–H and O–H groups in total. The number of aromatic nitrogens is 1. The Morgan fingerprint density at radius 2 is 1.89 bits per heavy atom. The normalized spacial score (nSPS) is 10.5. The van der Waals surface area contributed by atoms with Gasteiger partial charge in [0, 0.05) is 17.4 Å². The molecule has 27 heavy (non-hydrogen) atoms. The zero-order valence-corrected chi connectivity index (χ0v) is 16.5. The van der Waals surface area contributed by atoms with E-state index in [1.165, 1.54) is 11.3 Å². The molecule has 3 aromatic rings. The first kappa shape index (κ1) is 18.9. The number of nitrogens with zero attached hydrogens (tertiary/aromatic N) is 2. The van der Waals surface area contributed by atoms with E-state index in [-0.39, 0.29) is 5.91 Å². The minimum Gasteiger partial charge on any atom is -0.497 e.